The zero-order valence-corrected chi connectivity index (χ0v) is 11.5. The number of rotatable bonds is 9. The molecule has 0 aromatic rings. The molecular weight excluding hydrogens is 279 g/mol. The zero-order chi connectivity index (χ0) is 11.7. The first kappa shape index (κ1) is 15.8. The molecule has 0 bridgehead atoms. The molecule has 0 aliphatic rings. The third-order valence-electron chi connectivity index (χ3n) is 1.60. The van der Waals surface area contributed by atoms with Crippen LogP contribution in [-0.2, 0) is 9.09 Å². The summed E-state index contributed by atoms with van der Waals surface area (Å²) in [5.74, 6) is 0.664. The Balaban J connectivity index is 4.21. The van der Waals surface area contributed by atoms with Gasteiger partial charge in [0.2, 0.25) is 0 Å². The maximum Gasteiger partial charge on any atom is 0.363 e. The van der Waals surface area contributed by atoms with Crippen LogP contribution >= 0.6 is 41.3 Å². The van der Waals surface area contributed by atoms with Crippen LogP contribution in [0.25, 0.3) is 0 Å². The monoisotopic (exact) mass is 293 g/mol. The maximum atomic E-state index is 11.9. The molecule has 0 saturated heterocycles. The molecular formula is C8H15Cl3NO2P. The van der Waals surface area contributed by atoms with Crippen LogP contribution in [0.1, 0.15) is 6.42 Å². The largest absolute Gasteiger partial charge is 0.363 e. The summed E-state index contributed by atoms with van der Waals surface area (Å²) < 4.78 is 18.5. The average Bonchev–Trinajstić information content (AvgIpc) is 2.18. The molecule has 0 N–H and O–H groups in total. The topological polar surface area (TPSA) is 29.5 Å². The average molecular weight is 295 g/mol. The fourth-order valence-corrected chi connectivity index (χ4v) is 3.35. The van der Waals surface area contributed by atoms with Gasteiger partial charge in [-0.25, -0.2) is 4.67 Å². The van der Waals surface area contributed by atoms with E-state index >= 15 is 0 Å². The van der Waals surface area contributed by atoms with Crippen molar-refractivity contribution in [2.45, 2.75) is 6.42 Å². The lowest BCUT2D eigenvalue weighted by molar-refractivity contribution is 0.284. The number of hydrogen-bond acceptors (Lipinski definition) is 2. The molecule has 7 heteroatoms. The van der Waals surface area contributed by atoms with E-state index in [9.17, 15) is 4.57 Å². The summed E-state index contributed by atoms with van der Waals surface area (Å²) in [6.07, 6.45) is 2.27. The summed E-state index contributed by atoms with van der Waals surface area (Å²) in [5.41, 5.74) is 0. The van der Waals surface area contributed by atoms with Crippen LogP contribution in [0.5, 0.6) is 0 Å². The van der Waals surface area contributed by atoms with Gasteiger partial charge in [0.05, 0.1) is 6.61 Å². The van der Waals surface area contributed by atoms with Crippen molar-refractivity contribution in [1.82, 2.24) is 4.67 Å². The van der Waals surface area contributed by atoms with E-state index < -0.39 is 6.87 Å². The highest BCUT2D eigenvalue weighted by molar-refractivity contribution is 7.83. The van der Waals surface area contributed by atoms with Crippen LogP contribution in [0.3, 0.4) is 0 Å². The molecule has 0 rings (SSSR count). The van der Waals surface area contributed by atoms with Gasteiger partial charge in [0.25, 0.3) is 0 Å². The summed E-state index contributed by atoms with van der Waals surface area (Å²) >= 11 is 16.9. The molecule has 0 saturated carbocycles. The first-order valence-electron chi connectivity index (χ1n) is 4.51. The minimum absolute atomic E-state index is 0.283. The van der Waals surface area contributed by atoms with Crippen molar-refractivity contribution in [2.75, 3.05) is 31.5 Å². The second kappa shape index (κ2) is 8.86. The van der Waals surface area contributed by atoms with Gasteiger partial charge in [0.15, 0.2) is 0 Å². The van der Waals surface area contributed by atoms with E-state index in [2.05, 4.69) is 6.58 Å². The predicted molar refractivity (Wildman–Crippen MR) is 67.2 cm³/mol. The van der Waals surface area contributed by atoms with E-state index in [4.69, 9.17) is 39.0 Å². The zero-order valence-electron chi connectivity index (χ0n) is 8.37. The van der Waals surface area contributed by atoms with Gasteiger partial charge >= 0.3 is 6.87 Å². The Bertz CT molecular complexity index is 222. The molecule has 3 nitrogen and oxygen atoms in total. The van der Waals surface area contributed by atoms with Crippen LogP contribution in [0.2, 0.25) is 0 Å². The summed E-state index contributed by atoms with van der Waals surface area (Å²) in [5, 5.41) is 0. The standard InChI is InChI=1S/C8H15Cl3NO2P/c1-2-3-8-14-15(11,13)12(6-4-9)7-5-10/h2H,1,3-8H2/t15-/m1/s1. The van der Waals surface area contributed by atoms with E-state index in [-0.39, 0.29) is 6.61 Å². The molecule has 0 radical (unpaired) electrons. The second-order valence-corrected chi connectivity index (χ2v) is 6.46. The molecule has 0 heterocycles. The molecule has 0 aliphatic carbocycles. The Labute approximate surface area is 106 Å². The van der Waals surface area contributed by atoms with Gasteiger partial charge in [-0.1, -0.05) is 6.08 Å². The Morgan fingerprint density at radius 2 is 1.87 bits per heavy atom. The molecule has 90 valence electrons. The van der Waals surface area contributed by atoms with Crippen LogP contribution in [0.15, 0.2) is 12.7 Å². The molecule has 0 aromatic heterocycles. The molecule has 1 atom stereocenters. The van der Waals surface area contributed by atoms with Crippen molar-refractivity contribution < 1.29 is 9.09 Å². The van der Waals surface area contributed by atoms with Gasteiger partial charge in [-0.15, -0.1) is 29.8 Å². The highest BCUT2D eigenvalue weighted by atomic mass is 35.7. The van der Waals surface area contributed by atoms with E-state index in [1.165, 1.54) is 4.67 Å². The third-order valence-corrected chi connectivity index (χ3v) is 4.44. The van der Waals surface area contributed by atoms with E-state index in [0.29, 0.717) is 31.3 Å². The second-order valence-electron chi connectivity index (χ2n) is 2.69. The molecule has 0 fully saturated rings. The predicted octanol–water partition coefficient (Wildman–Crippen LogP) is 3.71. The summed E-state index contributed by atoms with van der Waals surface area (Å²) in [6, 6.07) is 0. The van der Waals surface area contributed by atoms with E-state index in [1.54, 1.807) is 6.08 Å². The first-order chi connectivity index (χ1) is 7.08. The SMILES string of the molecule is C=CCCO[P@](=O)(Cl)N(CCCl)CCCl. The summed E-state index contributed by atoms with van der Waals surface area (Å²) in [6.45, 7) is 1.32. The van der Waals surface area contributed by atoms with E-state index in [0.717, 1.165) is 0 Å². The van der Waals surface area contributed by atoms with Gasteiger partial charge in [0.1, 0.15) is 0 Å². The molecule has 0 aromatic carbocycles. The number of hydrogen-bond donors (Lipinski definition) is 0. The fraction of sp³-hybridized carbons (Fsp3) is 0.750. The van der Waals surface area contributed by atoms with Crippen molar-refractivity contribution in [3.63, 3.8) is 0 Å². The van der Waals surface area contributed by atoms with Gasteiger partial charge in [-0.3, -0.25) is 4.57 Å². The van der Waals surface area contributed by atoms with Gasteiger partial charge in [-0.2, -0.15) is 0 Å². The van der Waals surface area contributed by atoms with Crippen molar-refractivity contribution in [3.8, 4) is 0 Å². The highest BCUT2D eigenvalue weighted by Crippen LogP contribution is 2.55. The number of nitrogens with zero attached hydrogens (tertiary/aromatic N) is 1. The van der Waals surface area contributed by atoms with Crippen LogP contribution in [0, 0.1) is 0 Å². The highest BCUT2D eigenvalue weighted by Gasteiger charge is 2.28. The fourth-order valence-electron chi connectivity index (χ4n) is 0.876. The maximum absolute atomic E-state index is 11.9. The lowest BCUT2D eigenvalue weighted by Crippen LogP contribution is -2.24. The molecule has 0 spiro atoms. The Kier molecular flexibility index (Phi) is 9.31. The Morgan fingerprint density at radius 3 is 2.27 bits per heavy atom. The minimum Gasteiger partial charge on any atom is -0.306 e. The summed E-state index contributed by atoms with van der Waals surface area (Å²) in [4.78, 5) is 0. The normalized spacial score (nSPS) is 15.2. The lowest BCUT2D eigenvalue weighted by atomic mass is 10.5. The third kappa shape index (κ3) is 6.83. The van der Waals surface area contributed by atoms with Crippen molar-refractivity contribution in [2.24, 2.45) is 0 Å². The van der Waals surface area contributed by atoms with Crippen molar-refractivity contribution in [1.29, 1.82) is 0 Å². The van der Waals surface area contributed by atoms with Crippen molar-refractivity contribution in [3.05, 3.63) is 12.7 Å². The minimum atomic E-state index is -3.28. The molecule has 15 heavy (non-hydrogen) atoms. The smallest absolute Gasteiger partial charge is 0.306 e. The molecule has 0 unspecified atom stereocenters. The van der Waals surface area contributed by atoms with Crippen LogP contribution in [-0.4, -0.2) is 36.1 Å². The number of alkyl halides is 2. The van der Waals surface area contributed by atoms with E-state index in [1.807, 2.05) is 0 Å². The summed E-state index contributed by atoms with van der Waals surface area (Å²) in [7, 11) is 0. The Morgan fingerprint density at radius 1 is 1.33 bits per heavy atom. The molecule has 0 amide bonds. The Hall–Kier alpha value is 0.760. The van der Waals surface area contributed by atoms with Gasteiger partial charge in [-0.05, 0) is 17.7 Å². The lowest BCUT2D eigenvalue weighted by Gasteiger charge is -2.24. The van der Waals surface area contributed by atoms with Crippen LogP contribution in [0.4, 0.5) is 0 Å². The first-order valence-corrected chi connectivity index (χ1v) is 8.06. The van der Waals surface area contributed by atoms with Crippen LogP contribution < -0.4 is 0 Å². The van der Waals surface area contributed by atoms with Crippen molar-refractivity contribution >= 4 is 41.3 Å². The van der Waals surface area contributed by atoms with Gasteiger partial charge < -0.3 is 4.52 Å². The molecule has 0 aliphatic heterocycles. The van der Waals surface area contributed by atoms with Gasteiger partial charge in [0, 0.05) is 24.8 Å². The number of halogens is 3. The quantitative estimate of drug-likeness (QED) is 0.281.